The fourth-order valence-corrected chi connectivity index (χ4v) is 5.94. The third-order valence-electron chi connectivity index (χ3n) is 5.35. The lowest BCUT2D eigenvalue weighted by molar-refractivity contribution is 0.0365. The second-order valence-corrected chi connectivity index (χ2v) is 9.49. The molecule has 0 saturated carbocycles. The standard InChI is InChI=1S/C19H17ClN4O3S/c1-12-3-5-14-17(22-12)19(2)11-23(7-8-24(19)18(14)25)28(26,27)16-6-4-13(10-21)9-15(16)20/h3-6,9H,7-8,11H2,1-2H3. The van der Waals surface area contributed by atoms with Crippen LogP contribution in [-0.2, 0) is 15.6 Å². The zero-order valence-corrected chi connectivity index (χ0v) is 16.9. The van der Waals surface area contributed by atoms with Gasteiger partial charge in [-0.3, -0.25) is 9.78 Å². The fraction of sp³-hybridized carbons (Fsp3) is 0.316. The van der Waals surface area contributed by atoms with Crippen molar-refractivity contribution in [3.63, 3.8) is 0 Å². The molecule has 144 valence electrons. The van der Waals surface area contributed by atoms with Gasteiger partial charge in [-0.2, -0.15) is 9.57 Å². The van der Waals surface area contributed by atoms with Gasteiger partial charge in [0.05, 0.1) is 33.5 Å². The highest BCUT2D eigenvalue weighted by molar-refractivity contribution is 7.89. The molecular formula is C19H17ClN4O3S. The molecule has 1 amide bonds. The number of hydrogen-bond acceptors (Lipinski definition) is 5. The highest BCUT2D eigenvalue weighted by Crippen LogP contribution is 2.42. The Kier molecular flexibility index (Phi) is 4.23. The molecule has 4 rings (SSSR count). The second-order valence-electron chi connectivity index (χ2n) is 7.18. The number of aromatic nitrogens is 1. The summed E-state index contributed by atoms with van der Waals surface area (Å²) in [5, 5.41) is 8.97. The number of sulfonamides is 1. The van der Waals surface area contributed by atoms with E-state index in [0.29, 0.717) is 11.3 Å². The number of carbonyl (C=O) groups is 1. The highest BCUT2D eigenvalue weighted by atomic mass is 35.5. The van der Waals surface area contributed by atoms with Gasteiger partial charge >= 0.3 is 0 Å². The molecule has 7 nitrogen and oxygen atoms in total. The molecule has 2 aliphatic rings. The fourth-order valence-electron chi connectivity index (χ4n) is 3.90. The highest BCUT2D eigenvalue weighted by Gasteiger charge is 2.52. The van der Waals surface area contributed by atoms with Gasteiger partial charge in [-0.25, -0.2) is 8.42 Å². The first kappa shape index (κ1) is 18.9. The van der Waals surface area contributed by atoms with Crippen LogP contribution < -0.4 is 0 Å². The number of rotatable bonds is 2. The minimum Gasteiger partial charge on any atom is -0.325 e. The van der Waals surface area contributed by atoms with Gasteiger partial charge < -0.3 is 4.90 Å². The van der Waals surface area contributed by atoms with Crippen molar-refractivity contribution in [1.82, 2.24) is 14.2 Å². The number of nitriles is 1. The van der Waals surface area contributed by atoms with Crippen molar-refractivity contribution < 1.29 is 13.2 Å². The Morgan fingerprint density at radius 2 is 2.00 bits per heavy atom. The van der Waals surface area contributed by atoms with E-state index in [9.17, 15) is 13.2 Å². The van der Waals surface area contributed by atoms with Gasteiger partial charge in [-0.15, -0.1) is 0 Å². The number of fused-ring (bicyclic) bond motifs is 3. The van der Waals surface area contributed by atoms with E-state index in [1.807, 2.05) is 19.9 Å². The molecule has 0 aliphatic carbocycles. The van der Waals surface area contributed by atoms with Gasteiger partial charge in [-0.05, 0) is 44.2 Å². The first-order valence-electron chi connectivity index (χ1n) is 8.68. The van der Waals surface area contributed by atoms with E-state index in [0.717, 1.165) is 5.69 Å². The zero-order valence-electron chi connectivity index (χ0n) is 15.3. The number of hydrogen-bond donors (Lipinski definition) is 0. The molecule has 0 N–H and O–H groups in total. The van der Waals surface area contributed by atoms with Crippen LogP contribution in [0.15, 0.2) is 35.2 Å². The molecular weight excluding hydrogens is 400 g/mol. The summed E-state index contributed by atoms with van der Waals surface area (Å²) in [4.78, 5) is 19.0. The molecule has 0 bridgehead atoms. The Balaban J connectivity index is 1.75. The first-order valence-corrected chi connectivity index (χ1v) is 10.5. The van der Waals surface area contributed by atoms with Gasteiger partial charge in [0.15, 0.2) is 0 Å². The van der Waals surface area contributed by atoms with E-state index in [1.54, 1.807) is 17.0 Å². The smallest absolute Gasteiger partial charge is 0.256 e. The van der Waals surface area contributed by atoms with Gasteiger partial charge in [0.2, 0.25) is 10.0 Å². The Morgan fingerprint density at radius 1 is 1.25 bits per heavy atom. The molecule has 1 atom stereocenters. The number of piperazine rings is 1. The number of pyridine rings is 1. The normalized spacial score (nSPS) is 21.9. The summed E-state index contributed by atoms with van der Waals surface area (Å²) < 4.78 is 27.8. The van der Waals surface area contributed by atoms with E-state index in [1.165, 1.54) is 22.5 Å². The van der Waals surface area contributed by atoms with Gasteiger partial charge in [0.25, 0.3) is 5.91 Å². The van der Waals surface area contributed by atoms with Gasteiger partial charge in [0, 0.05) is 25.3 Å². The summed E-state index contributed by atoms with van der Waals surface area (Å²) in [6.07, 6.45) is 0. The van der Waals surface area contributed by atoms with Crippen molar-refractivity contribution in [2.45, 2.75) is 24.3 Å². The molecule has 0 radical (unpaired) electrons. The maximum atomic E-state index is 13.2. The number of benzene rings is 1. The van der Waals surface area contributed by atoms with Crippen LogP contribution in [0.5, 0.6) is 0 Å². The van der Waals surface area contributed by atoms with Crippen molar-refractivity contribution >= 4 is 27.5 Å². The minimum absolute atomic E-state index is 0.00324. The molecule has 2 aromatic rings. The van der Waals surface area contributed by atoms with E-state index in [2.05, 4.69) is 4.98 Å². The predicted octanol–water partition coefficient (Wildman–Crippen LogP) is 2.29. The van der Waals surface area contributed by atoms with E-state index in [4.69, 9.17) is 16.9 Å². The van der Waals surface area contributed by atoms with Crippen LogP contribution in [0.4, 0.5) is 0 Å². The number of aryl methyl sites for hydroxylation is 1. The SMILES string of the molecule is Cc1ccc2c(n1)C1(C)CN(S(=O)(=O)c3ccc(C#N)cc3Cl)CCN1C2=O. The Hall–Kier alpha value is -2.47. The lowest BCUT2D eigenvalue weighted by Gasteiger charge is -2.44. The average molecular weight is 417 g/mol. The third kappa shape index (κ3) is 2.62. The molecule has 1 unspecified atom stereocenters. The molecule has 0 spiro atoms. The molecule has 1 saturated heterocycles. The molecule has 1 aromatic carbocycles. The lowest BCUT2D eigenvalue weighted by Crippen LogP contribution is -2.58. The van der Waals surface area contributed by atoms with E-state index >= 15 is 0 Å². The summed E-state index contributed by atoms with van der Waals surface area (Å²) in [6, 6.07) is 9.58. The molecule has 28 heavy (non-hydrogen) atoms. The van der Waals surface area contributed by atoms with Crippen LogP contribution in [0.3, 0.4) is 0 Å². The zero-order chi connectivity index (χ0) is 20.3. The largest absolute Gasteiger partial charge is 0.325 e. The summed E-state index contributed by atoms with van der Waals surface area (Å²) >= 11 is 6.15. The van der Waals surface area contributed by atoms with Crippen molar-refractivity contribution in [1.29, 1.82) is 5.26 Å². The van der Waals surface area contributed by atoms with E-state index < -0.39 is 15.6 Å². The maximum absolute atomic E-state index is 13.2. The van der Waals surface area contributed by atoms with Crippen molar-refractivity contribution in [3.05, 3.63) is 57.9 Å². The third-order valence-corrected chi connectivity index (χ3v) is 7.68. The Bertz CT molecular complexity index is 1160. The van der Waals surface area contributed by atoms with Crippen LogP contribution in [-0.4, -0.2) is 48.1 Å². The monoisotopic (exact) mass is 416 g/mol. The van der Waals surface area contributed by atoms with Crippen LogP contribution in [0, 0.1) is 18.3 Å². The van der Waals surface area contributed by atoms with Crippen LogP contribution in [0.2, 0.25) is 5.02 Å². The van der Waals surface area contributed by atoms with Crippen molar-refractivity contribution in [3.8, 4) is 6.07 Å². The average Bonchev–Trinajstić information content (AvgIpc) is 2.87. The number of carbonyl (C=O) groups excluding carboxylic acids is 1. The predicted molar refractivity (Wildman–Crippen MR) is 102 cm³/mol. The Morgan fingerprint density at radius 3 is 2.68 bits per heavy atom. The maximum Gasteiger partial charge on any atom is 0.256 e. The van der Waals surface area contributed by atoms with Crippen LogP contribution in [0.1, 0.15) is 34.2 Å². The van der Waals surface area contributed by atoms with Gasteiger partial charge in [0.1, 0.15) is 4.90 Å². The first-order chi connectivity index (χ1) is 13.2. The lowest BCUT2D eigenvalue weighted by atomic mass is 9.95. The molecule has 9 heteroatoms. The summed E-state index contributed by atoms with van der Waals surface area (Å²) in [7, 11) is -3.90. The van der Waals surface area contributed by atoms with E-state index in [-0.39, 0.29) is 41.0 Å². The van der Waals surface area contributed by atoms with Crippen LogP contribution >= 0.6 is 11.6 Å². The Labute approximate surface area is 168 Å². The topological polar surface area (TPSA) is 94.4 Å². The number of halogens is 1. The van der Waals surface area contributed by atoms with Crippen molar-refractivity contribution in [2.75, 3.05) is 19.6 Å². The summed E-state index contributed by atoms with van der Waals surface area (Å²) in [5.74, 6) is -0.126. The summed E-state index contributed by atoms with van der Waals surface area (Å²) in [5.41, 5.74) is 1.33. The van der Waals surface area contributed by atoms with Crippen molar-refractivity contribution in [2.24, 2.45) is 0 Å². The quantitative estimate of drug-likeness (QED) is 0.748. The summed E-state index contributed by atoms with van der Waals surface area (Å²) in [6.45, 7) is 4.18. The second kappa shape index (κ2) is 6.27. The molecule has 2 aliphatic heterocycles. The van der Waals surface area contributed by atoms with Crippen LogP contribution in [0.25, 0.3) is 0 Å². The molecule has 1 fully saturated rings. The molecule has 1 aromatic heterocycles. The minimum atomic E-state index is -3.90. The number of nitrogens with zero attached hydrogens (tertiary/aromatic N) is 4. The van der Waals surface area contributed by atoms with Gasteiger partial charge in [-0.1, -0.05) is 11.6 Å². The number of amides is 1. The molecule has 3 heterocycles.